The van der Waals surface area contributed by atoms with Crippen LogP contribution in [0.25, 0.3) is 0 Å². The SMILES string of the molecule is CCC(C)N1CC(O)([C@@H]2CCCCN2)C1. The average Bonchev–Trinajstić information content (AvgIpc) is 2.25. The third-order valence-corrected chi connectivity index (χ3v) is 4.13. The fraction of sp³-hybridized carbons (Fsp3) is 1.00. The summed E-state index contributed by atoms with van der Waals surface area (Å²) in [5.74, 6) is 0. The molecular formula is C12H24N2O. The Morgan fingerprint density at radius 1 is 1.47 bits per heavy atom. The van der Waals surface area contributed by atoms with Gasteiger partial charge >= 0.3 is 0 Å². The molecule has 0 aromatic carbocycles. The van der Waals surface area contributed by atoms with Crippen LogP contribution < -0.4 is 5.32 Å². The van der Waals surface area contributed by atoms with Crippen LogP contribution in [0.2, 0.25) is 0 Å². The molecule has 2 aliphatic heterocycles. The fourth-order valence-corrected chi connectivity index (χ4v) is 2.76. The Hall–Kier alpha value is -0.120. The first-order valence-electron chi connectivity index (χ1n) is 6.35. The van der Waals surface area contributed by atoms with Gasteiger partial charge in [0.2, 0.25) is 0 Å². The van der Waals surface area contributed by atoms with Crippen LogP contribution in [0.15, 0.2) is 0 Å². The predicted octanol–water partition coefficient (Wildman–Crippen LogP) is 0.974. The molecule has 15 heavy (non-hydrogen) atoms. The van der Waals surface area contributed by atoms with Crippen LogP contribution in [0.5, 0.6) is 0 Å². The van der Waals surface area contributed by atoms with Gasteiger partial charge in [-0.05, 0) is 32.7 Å². The van der Waals surface area contributed by atoms with Gasteiger partial charge in [-0.25, -0.2) is 0 Å². The van der Waals surface area contributed by atoms with Crippen molar-refractivity contribution in [3.8, 4) is 0 Å². The van der Waals surface area contributed by atoms with E-state index in [0.29, 0.717) is 12.1 Å². The molecule has 0 amide bonds. The zero-order chi connectivity index (χ0) is 10.9. The maximum atomic E-state index is 10.4. The summed E-state index contributed by atoms with van der Waals surface area (Å²) in [6, 6.07) is 0.959. The molecule has 0 saturated carbocycles. The minimum absolute atomic E-state index is 0.339. The molecule has 88 valence electrons. The van der Waals surface area contributed by atoms with Gasteiger partial charge in [0.25, 0.3) is 0 Å². The van der Waals surface area contributed by atoms with Crippen LogP contribution >= 0.6 is 0 Å². The standard InChI is InChI=1S/C12H24N2O/c1-3-10(2)14-8-12(15,9-14)11-6-4-5-7-13-11/h10-11,13,15H,3-9H2,1-2H3/t10?,11-/m0/s1. The van der Waals surface area contributed by atoms with Gasteiger partial charge in [-0.15, -0.1) is 0 Å². The van der Waals surface area contributed by atoms with Gasteiger partial charge in [0.1, 0.15) is 5.60 Å². The Morgan fingerprint density at radius 3 is 2.73 bits per heavy atom. The van der Waals surface area contributed by atoms with E-state index in [1.807, 2.05) is 0 Å². The monoisotopic (exact) mass is 212 g/mol. The minimum atomic E-state index is -0.441. The van der Waals surface area contributed by atoms with Gasteiger partial charge in [-0.2, -0.15) is 0 Å². The van der Waals surface area contributed by atoms with Crippen molar-refractivity contribution in [3.63, 3.8) is 0 Å². The smallest absolute Gasteiger partial charge is 0.105 e. The van der Waals surface area contributed by atoms with Crippen molar-refractivity contribution in [2.24, 2.45) is 0 Å². The first-order valence-corrected chi connectivity index (χ1v) is 6.35. The quantitative estimate of drug-likeness (QED) is 0.732. The largest absolute Gasteiger partial charge is 0.386 e. The second-order valence-corrected chi connectivity index (χ2v) is 5.27. The van der Waals surface area contributed by atoms with Gasteiger partial charge in [0, 0.05) is 25.2 Å². The van der Waals surface area contributed by atoms with Gasteiger partial charge < -0.3 is 10.4 Å². The molecule has 2 aliphatic rings. The van der Waals surface area contributed by atoms with E-state index in [1.165, 1.54) is 19.3 Å². The van der Waals surface area contributed by atoms with Crippen LogP contribution in [0.3, 0.4) is 0 Å². The first kappa shape index (κ1) is 11.4. The number of hydrogen-bond donors (Lipinski definition) is 2. The molecule has 2 heterocycles. The molecule has 2 atom stereocenters. The van der Waals surface area contributed by atoms with Crippen LogP contribution in [-0.4, -0.2) is 47.3 Å². The number of hydrogen-bond acceptors (Lipinski definition) is 3. The molecule has 0 aromatic rings. The minimum Gasteiger partial charge on any atom is -0.386 e. The molecule has 3 nitrogen and oxygen atoms in total. The van der Waals surface area contributed by atoms with Crippen LogP contribution in [0.1, 0.15) is 39.5 Å². The summed E-state index contributed by atoms with van der Waals surface area (Å²) in [4.78, 5) is 2.39. The molecule has 2 rings (SSSR count). The van der Waals surface area contributed by atoms with Crippen molar-refractivity contribution in [3.05, 3.63) is 0 Å². The predicted molar refractivity (Wildman–Crippen MR) is 61.9 cm³/mol. The van der Waals surface area contributed by atoms with E-state index in [9.17, 15) is 5.11 Å². The van der Waals surface area contributed by atoms with Gasteiger partial charge in [-0.1, -0.05) is 13.3 Å². The maximum absolute atomic E-state index is 10.4. The second kappa shape index (κ2) is 4.40. The van der Waals surface area contributed by atoms with Crippen molar-refractivity contribution in [1.29, 1.82) is 0 Å². The number of rotatable bonds is 3. The third-order valence-electron chi connectivity index (χ3n) is 4.13. The molecule has 3 heteroatoms. The molecule has 2 fully saturated rings. The van der Waals surface area contributed by atoms with Crippen molar-refractivity contribution in [2.75, 3.05) is 19.6 Å². The van der Waals surface area contributed by atoms with Gasteiger partial charge in [-0.3, -0.25) is 4.90 Å². The molecule has 0 bridgehead atoms. The van der Waals surface area contributed by atoms with E-state index >= 15 is 0 Å². The molecule has 2 saturated heterocycles. The summed E-state index contributed by atoms with van der Waals surface area (Å²) >= 11 is 0. The lowest BCUT2D eigenvalue weighted by Gasteiger charge is -2.53. The number of β-amino-alcohol motifs (C(OH)–C–C–N with tert-alkyl or cyclic N) is 1. The van der Waals surface area contributed by atoms with E-state index in [2.05, 4.69) is 24.1 Å². The van der Waals surface area contributed by atoms with E-state index in [0.717, 1.165) is 26.1 Å². The van der Waals surface area contributed by atoms with Gasteiger partial charge in [0.15, 0.2) is 0 Å². The lowest BCUT2D eigenvalue weighted by molar-refractivity contribution is -0.137. The summed E-state index contributed by atoms with van der Waals surface area (Å²) < 4.78 is 0. The van der Waals surface area contributed by atoms with E-state index in [4.69, 9.17) is 0 Å². The number of aliphatic hydroxyl groups is 1. The summed E-state index contributed by atoms with van der Waals surface area (Å²) in [5.41, 5.74) is -0.441. The average molecular weight is 212 g/mol. The van der Waals surface area contributed by atoms with Crippen LogP contribution in [0.4, 0.5) is 0 Å². The van der Waals surface area contributed by atoms with Crippen molar-refractivity contribution in [1.82, 2.24) is 10.2 Å². The van der Waals surface area contributed by atoms with E-state index in [-0.39, 0.29) is 0 Å². The van der Waals surface area contributed by atoms with Crippen LogP contribution in [0, 0.1) is 0 Å². The summed E-state index contributed by atoms with van der Waals surface area (Å²) in [7, 11) is 0. The topological polar surface area (TPSA) is 35.5 Å². The Morgan fingerprint density at radius 2 is 2.20 bits per heavy atom. The molecule has 1 unspecified atom stereocenters. The second-order valence-electron chi connectivity index (χ2n) is 5.27. The van der Waals surface area contributed by atoms with Crippen LogP contribution in [-0.2, 0) is 0 Å². The summed E-state index contributed by atoms with van der Waals surface area (Å²) in [5, 5.41) is 13.9. The number of nitrogens with one attached hydrogen (secondary N) is 1. The highest BCUT2D eigenvalue weighted by Crippen LogP contribution is 2.30. The lowest BCUT2D eigenvalue weighted by Crippen LogP contribution is -2.72. The molecule has 2 N–H and O–H groups in total. The van der Waals surface area contributed by atoms with Crippen molar-refractivity contribution >= 4 is 0 Å². The molecule has 0 aromatic heterocycles. The highest BCUT2D eigenvalue weighted by molar-refractivity contribution is 5.05. The lowest BCUT2D eigenvalue weighted by atomic mass is 9.81. The number of nitrogens with zero attached hydrogens (tertiary/aromatic N) is 1. The maximum Gasteiger partial charge on any atom is 0.105 e. The number of piperidine rings is 1. The molecule has 0 radical (unpaired) electrons. The Balaban J connectivity index is 1.84. The van der Waals surface area contributed by atoms with E-state index in [1.54, 1.807) is 0 Å². The van der Waals surface area contributed by atoms with Crippen molar-refractivity contribution < 1.29 is 5.11 Å². The first-order chi connectivity index (χ1) is 7.15. The Kier molecular flexibility index (Phi) is 3.33. The zero-order valence-electron chi connectivity index (χ0n) is 10.00. The molecule has 0 aliphatic carbocycles. The fourth-order valence-electron chi connectivity index (χ4n) is 2.76. The third kappa shape index (κ3) is 2.19. The summed E-state index contributed by atoms with van der Waals surface area (Å²) in [6.45, 7) is 7.25. The van der Waals surface area contributed by atoms with Gasteiger partial charge in [0.05, 0.1) is 0 Å². The highest BCUT2D eigenvalue weighted by atomic mass is 16.3. The summed E-state index contributed by atoms with van der Waals surface area (Å²) in [6.07, 6.45) is 4.85. The van der Waals surface area contributed by atoms with E-state index < -0.39 is 5.60 Å². The zero-order valence-corrected chi connectivity index (χ0v) is 10.00. The molecule has 0 spiro atoms. The Bertz CT molecular complexity index is 208. The normalized spacial score (nSPS) is 33.4. The molecular weight excluding hydrogens is 188 g/mol. The van der Waals surface area contributed by atoms with Crippen molar-refractivity contribution in [2.45, 2.75) is 57.2 Å². The highest BCUT2D eigenvalue weighted by Gasteiger charge is 2.48. The Labute approximate surface area is 92.8 Å². The number of likely N-dealkylation sites (tertiary alicyclic amines) is 1.